The average molecular weight is 243 g/mol. The molecule has 18 heavy (non-hydrogen) atoms. The molecule has 0 bridgehead atoms. The van der Waals surface area contributed by atoms with Crippen LogP contribution in [-0.4, -0.2) is 21.9 Å². The van der Waals surface area contributed by atoms with Crippen LogP contribution >= 0.6 is 0 Å². The summed E-state index contributed by atoms with van der Waals surface area (Å²) in [6.07, 6.45) is 5.41. The second-order valence-corrected chi connectivity index (χ2v) is 5.09. The van der Waals surface area contributed by atoms with Gasteiger partial charge in [-0.2, -0.15) is 0 Å². The number of nitrogens with one attached hydrogen (secondary N) is 2. The summed E-state index contributed by atoms with van der Waals surface area (Å²) in [6, 6.07) is 5.81. The Hall–Kier alpha value is -1.84. The minimum atomic E-state index is 0.00546. The van der Waals surface area contributed by atoms with Gasteiger partial charge < -0.3 is 10.3 Å². The quantitative estimate of drug-likeness (QED) is 0.870. The molecule has 0 saturated heterocycles. The maximum absolute atomic E-state index is 12.1. The third-order valence-electron chi connectivity index (χ3n) is 3.90. The standard InChI is InChI=1S/C14H17N3O/c1-9(10-3-2-4-10)17-14(18)11-5-6-12-13(7-11)16-8-15-12/h5-10H,2-4H2,1H3,(H,15,16)(H,17,18). The molecule has 4 heteroatoms. The number of benzene rings is 1. The smallest absolute Gasteiger partial charge is 0.251 e. The number of fused-ring (bicyclic) bond motifs is 1. The zero-order valence-corrected chi connectivity index (χ0v) is 10.4. The number of rotatable bonds is 3. The van der Waals surface area contributed by atoms with Gasteiger partial charge in [-0.15, -0.1) is 0 Å². The molecule has 2 aromatic rings. The van der Waals surface area contributed by atoms with Crippen molar-refractivity contribution in [2.75, 3.05) is 0 Å². The van der Waals surface area contributed by atoms with E-state index in [4.69, 9.17) is 0 Å². The third kappa shape index (κ3) is 1.98. The molecule has 1 saturated carbocycles. The Bertz CT molecular complexity index is 571. The maximum Gasteiger partial charge on any atom is 0.251 e. The van der Waals surface area contributed by atoms with E-state index in [0.29, 0.717) is 11.5 Å². The SMILES string of the molecule is CC(NC(=O)c1ccc2nc[nH]c2c1)C1CCC1. The van der Waals surface area contributed by atoms with E-state index in [1.807, 2.05) is 18.2 Å². The van der Waals surface area contributed by atoms with Gasteiger partial charge in [-0.25, -0.2) is 4.98 Å². The predicted molar refractivity (Wildman–Crippen MR) is 70.4 cm³/mol. The first-order valence-corrected chi connectivity index (χ1v) is 6.48. The Balaban J connectivity index is 1.74. The molecule has 1 aliphatic carbocycles. The highest BCUT2D eigenvalue weighted by atomic mass is 16.1. The van der Waals surface area contributed by atoms with E-state index in [9.17, 15) is 4.79 Å². The molecule has 1 aromatic carbocycles. The van der Waals surface area contributed by atoms with Crippen molar-refractivity contribution in [3.8, 4) is 0 Å². The van der Waals surface area contributed by atoms with Crippen LogP contribution in [0.3, 0.4) is 0 Å². The van der Waals surface area contributed by atoms with Gasteiger partial charge in [-0.3, -0.25) is 4.79 Å². The Morgan fingerprint density at radius 2 is 2.33 bits per heavy atom. The molecule has 3 rings (SSSR count). The Morgan fingerprint density at radius 1 is 1.50 bits per heavy atom. The van der Waals surface area contributed by atoms with Crippen molar-refractivity contribution in [1.29, 1.82) is 0 Å². The number of H-pyrrole nitrogens is 1. The Kier molecular flexibility index (Phi) is 2.78. The van der Waals surface area contributed by atoms with Crippen molar-refractivity contribution in [2.45, 2.75) is 32.2 Å². The highest BCUT2D eigenvalue weighted by molar-refractivity contribution is 5.97. The van der Waals surface area contributed by atoms with Crippen molar-refractivity contribution in [1.82, 2.24) is 15.3 Å². The van der Waals surface area contributed by atoms with E-state index in [2.05, 4.69) is 22.2 Å². The number of hydrogen-bond donors (Lipinski definition) is 2. The van der Waals surface area contributed by atoms with Crippen LogP contribution in [0.2, 0.25) is 0 Å². The molecule has 1 heterocycles. The Morgan fingerprint density at radius 3 is 3.06 bits per heavy atom. The summed E-state index contributed by atoms with van der Waals surface area (Å²) in [7, 11) is 0. The lowest BCUT2D eigenvalue weighted by Gasteiger charge is -2.31. The molecule has 0 radical (unpaired) electrons. The number of nitrogens with zero attached hydrogens (tertiary/aromatic N) is 1. The zero-order valence-electron chi connectivity index (χ0n) is 10.4. The summed E-state index contributed by atoms with van der Waals surface area (Å²) < 4.78 is 0. The fourth-order valence-electron chi connectivity index (χ4n) is 2.42. The maximum atomic E-state index is 12.1. The predicted octanol–water partition coefficient (Wildman–Crippen LogP) is 2.48. The number of aromatic nitrogens is 2. The molecule has 94 valence electrons. The largest absolute Gasteiger partial charge is 0.349 e. The van der Waals surface area contributed by atoms with Crippen molar-refractivity contribution >= 4 is 16.9 Å². The first kappa shape index (κ1) is 11.3. The van der Waals surface area contributed by atoms with Gasteiger partial charge in [0.1, 0.15) is 0 Å². The first-order chi connectivity index (χ1) is 8.74. The van der Waals surface area contributed by atoms with Crippen LogP contribution in [0.25, 0.3) is 11.0 Å². The highest BCUT2D eigenvalue weighted by Gasteiger charge is 2.25. The molecule has 1 aromatic heterocycles. The van der Waals surface area contributed by atoms with Crippen molar-refractivity contribution in [2.24, 2.45) is 5.92 Å². The monoisotopic (exact) mass is 243 g/mol. The number of hydrogen-bond acceptors (Lipinski definition) is 2. The molecular formula is C14H17N3O. The van der Waals surface area contributed by atoms with Crippen LogP contribution < -0.4 is 5.32 Å². The second kappa shape index (κ2) is 4.44. The molecule has 2 N–H and O–H groups in total. The molecule has 1 atom stereocenters. The van der Waals surface area contributed by atoms with E-state index in [-0.39, 0.29) is 11.9 Å². The fourth-order valence-corrected chi connectivity index (χ4v) is 2.42. The molecule has 1 aliphatic rings. The summed E-state index contributed by atoms with van der Waals surface area (Å²) in [6.45, 7) is 2.09. The molecule has 1 fully saturated rings. The van der Waals surface area contributed by atoms with E-state index in [0.717, 1.165) is 11.0 Å². The van der Waals surface area contributed by atoms with Crippen LogP contribution in [0.15, 0.2) is 24.5 Å². The van der Waals surface area contributed by atoms with Gasteiger partial charge in [0.05, 0.1) is 17.4 Å². The van der Waals surface area contributed by atoms with Gasteiger partial charge >= 0.3 is 0 Å². The first-order valence-electron chi connectivity index (χ1n) is 6.48. The van der Waals surface area contributed by atoms with E-state index < -0.39 is 0 Å². The van der Waals surface area contributed by atoms with Gasteiger partial charge in [-0.05, 0) is 43.9 Å². The summed E-state index contributed by atoms with van der Waals surface area (Å²) in [5.74, 6) is 0.663. The number of imidazole rings is 1. The van der Waals surface area contributed by atoms with Crippen LogP contribution in [0.5, 0.6) is 0 Å². The van der Waals surface area contributed by atoms with Gasteiger partial charge in [-0.1, -0.05) is 6.42 Å². The second-order valence-electron chi connectivity index (χ2n) is 5.09. The van der Waals surface area contributed by atoms with Gasteiger partial charge in [0.25, 0.3) is 5.91 Å². The van der Waals surface area contributed by atoms with Gasteiger partial charge in [0.2, 0.25) is 0 Å². The average Bonchev–Trinajstić information content (AvgIpc) is 2.72. The number of carbonyl (C=O) groups is 1. The lowest BCUT2D eigenvalue weighted by atomic mass is 9.80. The molecule has 1 unspecified atom stereocenters. The zero-order chi connectivity index (χ0) is 12.5. The van der Waals surface area contributed by atoms with E-state index >= 15 is 0 Å². The number of aromatic amines is 1. The van der Waals surface area contributed by atoms with Crippen LogP contribution in [-0.2, 0) is 0 Å². The number of carbonyl (C=O) groups excluding carboxylic acids is 1. The number of amides is 1. The topological polar surface area (TPSA) is 57.8 Å². The summed E-state index contributed by atoms with van der Waals surface area (Å²) in [5, 5.41) is 3.08. The van der Waals surface area contributed by atoms with Gasteiger partial charge in [0, 0.05) is 11.6 Å². The summed E-state index contributed by atoms with van der Waals surface area (Å²) >= 11 is 0. The van der Waals surface area contributed by atoms with Crippen LogP contribution in [0.4, 0.5) is 0 Å². The van der Waals surface area contributed by atoms with Crippen LogP contribution in [0.1, 0.15) is 36.5 Å². The van der Waals surface area contributed by atoms with Crippen molar-refractivity contribution in [3.05, 3.63) is 30.1 Å². The molecular weight excluding hydrogens is 226 g/mol. The summed E-state index contributed by atoms with van der Waals surface area (Å²) in [5.41, 5.74) is 2.48. The third-order valence-corrected chi connectivity index (χ3v) is 3.90. The lowest BCUT2D eigenvalue weighted by molar-refractivity contribution is 0.0909. The minimum Gasteiger partial charge on any atom is -0.349 e. The van der Waals surface area contributed by atoms with Crippen LogP contribution in [0, 0.1) is 5.92 Å². The van der Waals surface area contributed by atoms with E-state index in [1.54, 1.807) is 6.33 Å². The minimum absolute atomic E-state index is 0.00546. The highest BCUT2D eigenvalue weighted by Crippen LogP contribution is 2.29. The van der Waals surface area contributed by atoms with Gasteiger partial charge in [0.15, 0.2) is 0 Å². The molecule has 0 spiro atoms. The molecule has 4 nitrogen and oxygen atoms in total. The lowest BCUT2D eigenvalue weighted by Crippen LogP contribution is -2.40. The van der Waals surface area contributed by atoms with Crippen molar-refractivity contribution in [3.63, 3.8) is 0 Å². The molecule has 1 amide bonds. The molecule has 0 aliphatic heterocycles. The summed E-state index contributed by atoms with van der Waals surface area (Å²) in [4.78, 5) is 19.3. The Labute approximate surface area is 106 Å². The fraction of sp³-hybridized carbons (Fsp3) is 0.429. The van der Waals surface area contributed by atoms with Crippen molar-refractivity contribution < 1.29 is 4.79 Å². The van der Waals surface area contributed by atoms with E-state index in [1.165, 1.54) is 19.3 Å². The normalized spacial score (nSPS) is 17.4.